The first-order valence-corrected chi connectivity index (χ1v) is 8.00. The van der Waals surface area contributed by atoms with Gasteiger partial charge >= 0.3 is 5.97 Å². The zero-order valence-corrected chi connectivity index (χ0v) is 12.2. The van der Waals surface area contributed by atoms with Crippen LogP contribution in [0.4, 0.5) is 0 Å². The van der Waals surface area contributed by atoms with Gasteiger partial charge in [-0.25, -0.2) is 13.2 Å². The molecule has 0 amide bonds. The van der Waals surface area contributed by atoms with Gasteiger partial charge in [0.2, 0.25) is 0 Å². The van der Waals surface area contributed by atoms with Gasteiger partial charge < -0.3 is 14.6 Å². The van der Waals surface area contributed by atoms with E-state index in [0.717, 1.165) is 0 Å². The van der Waals surface area contributed by atoms with E-state index < -0.39 is 21.9 Å². The van der Waals surface area contributed by atoms with Crippen molar-refractivity contribution in [2.45, 2.75) is 12.5 Å². The lowest BCUT2D eigenvalue weighted by atomic mass is 10.2. The molecule has 0 saturated carbocycles. The van der Waals surface area contributed by atoms with Crippen LogP contribution in [0.3, 0.4) is 0 Å². The Labute approximate surface area is 121 Å². The Balaban J connectivity index is 2.30. The summed E-state index contributed by atoms with van der Waals surface area (Å²) in [5.74, 6) is -0.807. The van der Waals surface area contributed by atoms with Gasteiger partial charge in [-0.15, -0.1) is 0 Å². The molecule has 1 aliphatic heterocycles. The molecule has 0 bridgehead atoms. The summed E-state index contributed by atoms with van der Waals surface area (Å²) in [7, 11) is -1.72. The average Bonchev–Trinajstić information content (AvgIpc) is 2.70. The van der Waals surface area contributed by atoms with Gasteiger partial charge in [0.25, 0.3) is 0 Å². The van der Waals surface area contributed by atoms with Crippen LogP contribution in [0.25, 0.3) is 0 Å². The number of carboxylic acid groups (broad SMARTS) is 1. The molecule has 1 saturated heterocycles. The van der Waals surface area contributed by atoms with Crippen LogP contribution in [0.15, 0.2) is 12.1 Å². The summed E-state index contributed by atoms with van der Waals surface area (Å²) in [6, 6.07) is 2.53. The minimum Gasteiger partial charge on any atom is -0.493 e. The van der Waals surface area contributed by atoms with Gasteiger partial charge in [0, 0.05) is 0 Å². The van der Waals surface area contributed by atoms with Crippen molar-refractivity contribution in [3.63, 3.8) is 0 Å². The number of halogens is 1. The van der Waals surface area contributed by atoms with Gasteiger partial charge in [-0.1, -0.05) is 11.6 Å². The number of rotatable bonds is 4. The fourth-order valence-corrected chi connectivity index (χ4v) is 3.82. The molecule has 0 aromatic heterocycles. The molecule has 1 unspecified atom stereocenters. The number of hydrogen-bond acceptors (Lipinski definition) is 5. The fourth-order valence-electron chi connectivity index (χ4n) is 1.98. The summed E-state index contributed by atoms with van der Waals surface area (Å²) in [5.41, 5.74) is -0.0294. The maximum absolute atomic E-state index is 11.4. The highest BCUT2D eigenvalue weighted by Gasteiger charge is 2.31. The second kappa shape index (κ2) is 5.49. The maximum atomic E-state index is 11.4. The number of hydrogen-bond donors (Lipinski definition) is 1. The smallest absolute Gasteiger partial charge is 0.335 e. The highest BCUT2D eigenvalue weighted by Crippen LogP contribution is 2.38. The minimum absolute atomic E-state index is 0.0294. The maximum Gasteiger partial charge on any atom is 0.335 e. The highest BCUT2D eigenvalue weighted by atomic mass is 35.5. The average molecular weight is 321 g/mol. The van der Waals surface area contributed by atoms with E-state index >= 15 is 0 Å². The van der Waals surface area contributed by atoms with Gasteiger partial charge in [-0.05, 0) is 18.6 Å². The largest absolute Gasteiger partial charge is 0.493 e. The Bertz CT molecular complexity index is 640. The molecule has 1 heterocycles. The quantitative estimate of drug-likeness (QED) is 0.906. The second-order valence-corrected chi connectivity index (χ2v) is 7.07. The van der Waals surface area contributed by atoms with Crippen molar-refractivity contribution in [3.8, 4) is 11.5 Å². The molecule has 1 atom stereocenters. The summed E-state index contributed by atoms with van der Waals surface area (Å²) in [4.78, 5) is 10.9. The zero-order valence-electron chi connectivity index (χ0n) is 10.6. The van der Waals surface area contributed by atoms with Crippen LogP contribution in [0.1, 0.15) is 16.8 Å². The number of methoxy groups -OCH3 is 1. The van der Waals surface area contributed by atoms with Crippen molar-refractivity contribution < 1.29 is 27.8 Å². The number of sulfone groups is 1. The first-order chi connectivity index (χ1) is 9.32. The molecule has 110 valence electrons. The van der Waals surface area contributed by atoms with E-state index in [4.69, 9.17) is 26.2 Å². The van der Waals surface area contributed by atoms with Gasteiger partial charge in [-0.3, -0.25) is 0 Å². The fraction of sp³-hybridized carbons (Fsp3) is 0.417. The van der Waals surface area contributed by atoms with Crippen molar-refractivity contribution in [3.05, 3.63) is 22.7 Å². The van der Waals surface area contributed by atoms with Crippen molar-refractivity contribution in [1.82, 2.24) is 0 Å². The van der Waals surface area contributed by atoms with E-state index in [1.165, 1.54) is 19.2 Å². The molecule has 1 aromatic carbocycles. The Kier molecular flexibility index (Phi) is 4.10. The molecule has 0 aliphatic carbocycles. The molecule has 0 spiro atoms. The molecule has 1 aromatic rings. The van der Waals surface area contributed by atoms with E-state index in [1.54, 1.807) is 0 Å². The summed E-state index contributed by atoms with van der Waals surface area (Å²) < 4.78 is 33.4. The van der Waals surface area contributed by atoms with Crippen LogP contribution >= 0.6 is 11.6 Å². The topological polar surface area (TPSA) is 89.9 Å². The summed E-state index contributed by atoms with van der Waals surface area (Å²) >= 11 is 5.99. The predicted octanol–water partition coefficient (Wildman–Crippen LogP) is 1.61. The van der Waals surface area contributed by atoms with Crippen LogP contribution in [0, 0.1) is 0 Å². The van der Waals surface area contributed by atoms with Gasteiger partial charge in [0.05, 0.1) is 29.2 Å². The molecule has 6 nitrogen and oxygen atoms in total. The first-order valence-electron chi connectivity index (χ1n) is 5.80. The molecule has 8 heteroatoms. The molecule has 20 heavy (non-hydrogen) atoms. The van der Waals surface area contributed by atoms with Crippen molar-refractivity contribution in [1.29, 1.82) is 0 Å². The molecular weight excluding hydrogens is 308 g/mol. The number of carbonyl (C=O) groups is 1. The normalized spacial score (nSPS) is 20.6. The van der Waals surface area contributed by atoms with Gasteiger partial charge in [0.1, 0.15) is 6.10 Å². The number of aromatic carboxylic acids is 1. The predicted molar refractivity (Wildman–Crippen MR) is 72.7 cm³/mol. The number of ether oxygens (including phenoxy) is 2. The number of benzene rings is 1. The lowest BCUT2D eigenvalue weighted by molar-refractivity contribution is 0.0696. The molecule has 1 aliphatic rings. The molecule has 1 N–H and O–H groups in total. The highest BCUT2D eigenvalue weighted by molar-refractivity contribution is 7.91. The van der Waals surface area contributed by atoms with E-state index in [1.807, 2.05) is 0 Å². The Morgan fingerprint density at radius 2 is 2.15 bits per heavy atom. The van der Waals surface area contributed by atoms with Gasteiger partial charge in [-0.2, -0.15) is 0 Å². The minimum atomic E-state index is -3.07. The Morgan fingerprint density at radius 1 is 1.45 bits per heavy atom. The Hall–Kier alpha value is -1.47. The van der Waals surface area contributed by atoms with Crippen LogP contribution in [-0.2, 0) is 9.84 Å². The third-order valence-corrected chi connectivity index (χ3v) is 4.97. The van der Waals surface area contributed by atoms with E-state index in [9.17, 15) is 13.2 Å². The van der Waals surface area contributed by atoms with Crippen LogP contribution < -0.4 is 9.47 Å². The van der Waals surface area contributed by atoms with Crippen LogP contribution in [0.2, 0.25) is 5.02 Å². The number of carboxylic acids is 1. The lowest BCUT2D eigenvalue weighted by Crippen LogP contribution is -2.18. The van der Waals surface area contributed by atoms with Crippen LogP contribution in [0.5, 0.6) is 11.5 Å². The Morgan fingerprint density at radius 3 is 2.65 bits per heavy atom. The molecular formula is C12H13ClO6S. The third-order valence-electron chi connectivity index (χ3n) is 2.95. The summed E-state index contributed by atoms with van der Waals surface area (Å²) in [5, 5.41) is 9.01. The lowest BCUT2D eigenvalue weighted by Gasteiger charge is -2.16. The van der Waals surface area contributed by atoms with Crippen molar-refractivity contribution >= 4 is 27.4 Å². The van der Waals surface area contributed by atoms with Crippen LogP contribution in [-0.4, -0.2) is 44.2 Å². The van der Waals surface area contributed by atoms with E-state index in [0.29, 0.717) is 6.42 Å². The second-order valence-electron chi connectivity index (χ2n) is 4.44. The van der Waals surface area contributed by atoms with Crippen molar-refractivity contribution in [2.75, 3.05) is 18.6 Å². The van der Waals surface area contributed by atoms with E-state index in [-0.39, 0.29) is 33.6 Å². The zero-order chi connectivity index (χ0) is 14.9. The summed E-state index contributed by atoms with van der Waals surface area (Å²) in [6.07, 6.45) is -0.121. The third kappa shape index (κ3) is 3.16. The molecule has 0 radical (unpaired) electrons. The molecule has 2 rings (SSSR count). The first kappa shape index (κ1) is 14.9. The summed E-state index contributed by atoms with van der Waals surface area (Å²) in [6.45, 7) is 0. The van der Waals surface area contributed by atoms with Gasteiger partial charge in [0.15, 0.2) is 21.3 Å². The standard InChI is InChI=1S/C12H13ClO6S/c1-18-10-5-7(12(14)15)4-9(13)11(10)19-8-2-3-20(16,17)6-8/h4-5,8H,2-3,6H2,1H3,(H,14,15). The van der Waals surface area contributed by atoms with Crippen molar-refractivity contribution in [2.24, 2.45) is 0 Å². The molecule has 1 fully saturated rings. The van der Waals surface area contributed by atoms with E-state index in [2.05, 4.69) is 0 Å². The monoisotopic (exact) mass is 320 g/mol. The SMILES string of the molecule is COc1cc(C(=O)O)cc(Cl)c1OC1CCS(=O)(=O)C1.